The molecule has 0 amide bonds. The van der Waals surface area contributed by atoms with Crippen LogP contribution in [-0.4, -0.2) is 16.7 Å². The number of nitrogens with two attached hydrogens (primary N) is 1. The van der Waals surface area contributed by atoms with Crippen molar-refractivity contribution in [3.8, 4) is 5.75 Å². The van der Waals surface area contributed by atoms with Crippen LogP contribution < -0.4 is 16.0 Å². The molecule has 2 N–H and O–H groups in total. The summed E-state index contributed by atoms with van der Waals surface area (Å²) in [6.07, 6.45) is 0.955. The van der Waals surface area contributed by atoms with Gasteiger partial charge in [-0.3, -0.25) is 9.36 Å². The molecule has 1 aromatic heterocycles. The highest BCUT2D eigenvalue weighted by Crippen LogP contribution is 2.48. The first-order valence-corrected chi connectivity index (χ1v) is 9.84. The van der Waals surface area contributed by atoms with Gasteiger partial charge in [-0.15, -0.1) is 0 Å². The zero-order valence-electron chi connectivity index (χ0n) is 16.8. The van der Waals surface area contributed by atoms with Crippen LogP contribution in [0.5, 0.6) is 5.75 Å². The normalized spacial score (nSPS) is 18.8. The predicted octanol–water partition coefficient (Wildman–Crippen LogP) is 4.07. The lowest BCUT2D eigenvalue weighted by molar-refractivity contribution is 0.414. The summed E-state index contributed by atoms with van der Waals surface area (Å²) in [6.45, 7) is 2.06. The van der Waals surface area contributed by atoms with Crippen LogP contribution in [-0.2, 0) is 6.54 Å². The molecule has 3 atom stereocenters. The van der Waals surface area contributed by atoms with E-state index in [2.05, 4.69) is 4.98 Å². The maximum Gasteiger partial charge on any atom is 0.255 e. The van der Waals surface area contributed by atoms with Crippen LogP contribution >= 0.6 is 0 Å². The van der Waals surface area contributed by atoms with E-state index < -0.39 is 17.6 Å². The Balaban J connectivity index is 1.53. The number of hydrogen-bond donors (Lipinski definition) is 1. The van der Waals surface area contributed by atoms with Crippen molar-refractivity contribution in [2.75, 3.05) is 12.8 Å². The summed E-state index contributed by atoms with van der Waals surface area (Å²) in [6, 6.07) is 12.9. The van der Waals surface area contributed by atoms with E-state index in [1.54, 1.807) is 14.0 Å². The van der Waals surface area contributed by atoms with Crippen molar-refractivity contribution >= 4 is 5.95 Å². The molecule has 156 valence electrons. The molecule has 0 aliphatic heterocycles. The molecule has 4 rings (SSSR count). The Morgan fingerprint density at radius 2 is 1.87 bits per heavy atom. The molecular weight excluding hydrogens is 388 g/mol. The van der Waals surface area contributed by atoms with Gasteiger partial charge in [0.15, 0.2) is 0 Å². The van der Waals surface area contributed by atoms with E-state index in [9.17, 15) is 13.6 Å². The molecule has 1 aliphatic rings. The summed E-state index contributed by atoms with van der Waals surface area (Å²) in [5, 5.41) is 0. The summed E-state index contributed by atoms with van der Waals surface area (Å²) < 4.78 is 34.8. The minimum Gasteiger partial charge on any atom is -0.497 e. The maximum atomic E-state index is 14.1. The molecule has 1 saturated carbocycles. The maximum absolute atomic E-state index is 14.1. The van der Waals surface area contributed by atoms with Crippen LogP contribution in [0.15, 0.2) is 53.3 Å². The van der Waals surface area contributed by atoms with Gasteiger partial charge < -0.3 is 10.5 Å². The molecule has 0 bridgehead atoms. The van der Waals surface area contributed by atoms with Crippen LogP contribution in [0.2, 0.25) is 0 Å². The van der Waals surface area contributed by atoms with E-state index in [0.29, 0.717) is 12.5 Å². The number of nitrogens with zero attached hydrogens (tertiary/aromatic N) is 2. The molecule has 30 heavy (non-hydrogen) atoms. The average molecular weight is 411 g/mol. The Morgan fingerprint density at radius 3 is 2.47 bits per heavy atom. The SMILES string of the molecule is COc1ccc([C@H]2C[C@@H]2Cn2c(N)nc(C(C)c3c(F)cccc3F)cc2=O)cc1. The molecule has 1 fully saturated rings. The minimum absolute atomic E-state index is 0.0569. The topological polar surface area (TPSA) is 70.1 Å². The molecule has 2 aromatic carbocycles. The first kappa shape index (κ1) is 20.1. The largest absolute Gasteiger partial charge is 0.497 e. The molecule has 7 heteroatoms. The Morgan fingerprint density at radius 1 is 1.20 bits per heavy atom. The number of methoxy groups -OCH3 is 1. The summed E-state index contributed by atoms with van der Waals surface area (Å²) in [7, 11) is 1.63. The molecular formula is C23H23F2N3O2. The fraction of sp³-hybridized carbons (Fsp3) is 0.304. The summed E-state index contributed by atoms with van der Waals surface area (Å²) in [4.78, 5) is 17.0. The van der Waals surface area contributed by atoms with Crippen molar-refractivity contribution < 1.29 is 13.5 Å². The zero-order valence-corrected chi connectivity index (χ0v) is 16.8. The third kappa shape index (κ3) is 3.79. The first-order chi connectivity index (χ1) is 14.4. The van der Waals surface area contributed by atoms with E-state index in [-0.39, 0.29) is 28.7 Å². The van der Waals surface area contributed by atoms with E-state index in [4.69, 9.17) is 10.5 Å². The van der Waals surface area contributed by atoms with Crippen molar-refractivity contribution in [2.24, 2.45) is 5.92 Å². The summed E-state index contributed by atoms with van der Waals surface area (Å²) in [5.74, 6) is -0.581. The molecule has 0 spiro atoms. The van der Waals surface area contributed by atoms with Gasteiger partial charge in [-0.25, -0.2) is 13.8 Å². The van der Waals surface area contributed by atoms with Gasteiger partial charge in [0.1, 0.15) is 17.4 Å². The van der Waals surface area contributed by atoms with Crippen molar-refractivity contribution in [1.29, 1.82) is 0 Å². The quantitative estimate of drug-likeness (QED) is 0.664. The van der Waals surface area contributed by atoms with Crippen molar-refractivity contribution in [1.82, 2.24) is 9.55 Å². The molecule has 5 nitrogen and oxygen atoms in total. The Hall–Kier alpha value is -3.22. The lowest BCUT2D eigenvalue weighted by atomic mass is 9.96. The standard InChI is InChI=1S/C23H23F2N3O2/c1-13(22-18(24)4-3-5-19(22)25)20-11-21(29)28(23(26)27-20)12-15-10-17(15)14-6-8-16(30-2)9-7-14/h3-9,11,13,15,17H,10,12H2,1-2H3,(H2,26,27)/t13?,15-,17-/m1/s1. The van der Waals surface area contributed by atoms with Gasteiger partial charge in [-0.1, -0.05) is 25.1 Å². The summed E-state index contributed by atoms with van der Waals surface area (Å²) in [5.41, 5.74) is 7.07. The molecule has 0 saturated heterocycles. The molecule has 3 aromatic rings. The van der Waals surface area contributed by atoms with Crippen molar-refractivity contribution in [3.05, 3.63) is 87.3 Å². The highest BCUT2D eigenvalue weighted by atomic mass is 19.1. The van der Waals surface area contributed by atoms with E-state index in [1.165, 1.54) is 34.4 Å². The monoisotopic (exact) mass is 411 g/mol. The molecule has 1 unspecified atom stereocenters. The number of aromatic nitrogens is 2. The van der Waals surface area contributed by atoms with Crippen LogP contribution in [0, 0.1) is 17.6 Å². The molecule has 0 radical (unpaired) electrons. The third-order valence-electron chi connectivity index (χ3n) is 5.82. The second-order valence-electron chi connectivity index (χ2n) is 7.72. The van der Waals surface area contributed by atoms with Crippen molar-refractivity contribution in [2.45, 2.75) is 31.7 Å². The lowest BCUT2D eigenvalue weighted by Gasteiger charge is -2.16. The van der Waals surface area contributed by atoms with Crippen LogP contribution in [0.1, 0.15) is 42.0 Å². The number of benzene rings is 2. The van der Waals surface area contributed by atoms with Gasteiger partial charge in [0, 0.05) is 24.1 Å². The number of anilines is 1. The second-order valence-corrected chi connectivity index (χ2v) is 7.72. The number of nitrogen functional groups attached to an aromatic ring is 1. The third-order valence-corrected chi connectivity index (χ3v) is 5.82. The highest BCUT2D eigenvalue weighted by Gasteiger charge is 2.39. The fourth-order valence-corrected chi connectivity index (χ4v) is 3.96. The second kappa shape index (κ2) is 7.89. The molecule has 1 heterocycles. The van der Waals surface area contributed by atoms with Crippen LogP contribution in [0.25, 0.3) is 0 Å². The number of ether oxygens (including phenoxy) is 1. The number of hydrogen-bond acceptors (Lipinski definition) is 4. The van der Waals surface area contributed by atoms with Crippen molar-refractivity contribution in [3.63, 3.8) is 0 Å². The van der Waals surface area contributed by atoms with Gasteiger partial charge >= 0.3 is 0 Å². The van der Waals surface area contributed by atoms with E-state index in [1.807, 2.05) is 24.3 Å². The average Bonchev–Trinajstić information content (AvgIpc) is 3.49. The molecule has 1 aliphatic carbocycles. The Labute approximate surface area is 173 Å². The minimum atomic E-state index is -0.733. The van der Waals surface area contributed by atoms with Gasteiger partial charge in [-0.2, -0.15) is 0 Å². The first-order valence-electron chi connectivity index (χ1n) is 9.84. The van der Waals surface area contributed by atoms with Crippen LogP contribution in [0.4, 0.5) is 14.7 Å². The summed E-state index contributed by atoms with van der Waals surface area (Å²) >= 11 is 0. The predicted molar refractivity (Wildman–Crippen MR) is 111 cm³/mol. The smallest absolute Gasteiger partial charge is 0.255 e. The van der Waals surface area contributed by atoms with Gasteiger partial charge in [0.25, 0.3) is 5.56 Å². The Kier molecular flexibility index (Phi) is 5.28. The van der Waals surface area contributed by atoms with Crippen LogP contribution in [0.3, 0.4) is 0 Å². The number of halogens is 2. The zero-order chi connectivity index (χ0) is 21.4. The van der Waals surface area contributed by atoms with Gasteiger partial charge in [0.2, 0.25) is 5.95 Å². The Bertz CT molecular complexity index is 1110. The van der Waals surface area contributed by atoms with Gasteiger partial charge in [0.05, 0.1) is 12.8 Å². The van der Waals surface area contributed by atoms with E-state index >= 15 is 0 Å². The highest BCUT2D eigenvalue weighted by molar-refractivity contribution is 5.34. The van der Waals surface area contributed by atoms with Gasteiger partial charge in [-0.05, 0) is 48.1 Å². The lowest BCUT2D eigenvalue weighted by Crippen LogP contribution is -2.26. The fourth-order valence-electron chi connectivity index (χ4n) is 3.96. The van der Waals surface area contributed by atoms with E-state index in [0.717, 1.165) is 12.2 Å². The number of rotatable bonds is 6.